The molecule has 0 unspecified atom stereocenters. The number of thioether (sulfide) groups is 1. The van der Waals surface area contributed by atoms with Gasteiger partial charge in [-0.1, -0.05) is 30.3 Å². The SMILES string of the molecule is CCOC(=O)C1=C(C)N=C2SC=C(CC(=O)N[C@@H]3C[C@H]4CC[C@H]3C4)N2[C@@H]1c1cccc(OC)c1. The second-order valence-corrected chi connectivity index (χ2v) is 10.3. The molecule has 1 aromatic carbocycles. The zero-order chi connectivity index (χ0) is 23.8. The predicted molar refractivity (Wildman–Crippen MR) is 132 cm³/mol. The number of nitrogens with zero attached hydrogens (tertiary/aromatic N) is 2. The van der Waals surface area contributed by atoms with Gasteiger partial charge in [0.1, 0.15) is 5.75 Å². The molecule has 1 N–H and O–H groups in total. The fraction of sp³-hybridized carbons (Fsp3) is 0.500. The molecule has 2 aliphatic carbocycles. The van der Waals surface area contributed by atoms with Crippen molar-refractivity contribution in [1.29, 1.82) is 0 Å². The molecule has 2 saturated carbocycles. The molecule has 0 radical (unpaired) electrons. The summed E-state index contributed by atoms with van der Waals surface area (Å²) in [5, 5.41) is 6.03. The fourth-order valence-corrected chi connectivity index (χ4v) is 6.77. The third-order valence-corrected chi connectivity index (χ3v) is 8.22. The van der Waals surface area contributed by atoms with E-state index < -0.39 is 12.0 Å². The summed E-state index contributed by atoms with van der Waals surface area (Å²) in [5.74, 6) is 1.74. The summed E-state index contributed by atoms with van der Waals surface area (Å²) in [5.41, 5.74) is 2.84. The van der Waals surface area contributed by atoms with Crippen molar-refractivity contribution in [2.75, 3.05) is 13.7 Å². The largest absolute Gasteiger partial charge is 0.497 e. The predicted octanol–water partition coefficient (Wildman–Crippen LogP) is 4.53. The van der Waals surface area contributed by atoms with Crippen LogP contribution in [0, 0.1) is 11.8 Å². The smallest absolute Gasteiger partial charge is 0.338 e. The number of allylic oxidation sites excluding steroid dienone is 1. The number of hydrogen-bond donors (Lipinski definition) is 1. The normalized spacial score (nSPS) is 27.3. The van der Waals surface area contributed by atoms with Crippen molar-refractivity contribution in [3.63, 3.8) is 0 Å². The van der Waals surface area contributed by atoms with Gasteiger partial charge in [-0.15, -0.1) is 0 Å². The van der Waals surface area contributed by atoms with Gasteiger partial charge in [-0.2, -0.15) is 0 Å². The van der Waals surface area contributed by atoms with Gasteiger partial charge in [0.05, 0.1) is 37.4 Å². The van der Waals surface area contributed by atoms with Gasteiger partial charge in [0.15, 0.2) is 5.17 Å². The van der Waals surface area contributed by atoms with Crippen LogP contribution in [0.2, 0.25) is 0 Å². The van der Waals surface area contributed by atoms with E-state index in [1.807, 2.05) is 41.5 Å². The molecule has 4 aliphatic rings. The van der Waals surface area contributed by atoms with E-state index in [9.17, 15) is 9.59 Å². The first-order chi connectivity index (χ1) is 16.5. The minimum absolute atomic E-state index is 0.0269. The van der Waals surface area contributed by atoms with Crippen LogP contribution in [0.5, 0.6) is 5.75 Å². The molecule has 0 spiro atoms. The van der Waals surface area contributed by atoms with Crippen LogP contribution in [0.3, 0.4) is 0 Å². The number of amides is 1. The third-order valence-electron chi connectivity index (χ3n) is 7.33. The van der Waals surface area contributed by atoms with E-state index in [0.717, 1.165) is 28.8 Å². The Kier molecular flexibility index (Phi) is 6.42. The van der Waals surface area contributed by atoms with Crippen molar-refractivity contribution in [2.24, 2.45) is 16.8 Å². The Morgan fingerprint density at radius 2 is 2.12 bits per heavy atom. The van der Waals surface area contributed by atoms with Crippen LogP contribution in [0.25, 0.3) is 0 Å². The van der Waals surface area contributed by atoms with Crippen LogP contribution in [0.15, 0.2) is 51.6 Å². The number of carbonyl (C=O) groups excluding carboxylic acids is 2. The molecule has 5 rings (SSSR count). The molecule has 0 saturated heterocycles. The lowest BCUT2D eigenvalue weighted by Crippen LogP contribution is -2.41. The van der Waals surface area contributed by atoms with Crippen molar-refractivity contribution < 1.29 is 19.1 Å². The molecule has 34 heavy (non-hydrogen) atoms. The minimum Gasteiger partial charge on any atom is -0.497 e. The molecular weight excluding hydrogens is 450 g/mol. The maximum Gasteiger partial charge on any atom is 0.338 e. The number of aliphatic imine (C=N–C) groups is 1. The Hall–Kier alpha value is -2.74. The first-order valence-corrected chi connectivity index (χ1v) is 12.9. The summed E-state index contributed by atoms with van der Waals surface area (Å²) in [6.45, 7) is 3.91. The first-order valence-electron chi connectivity index (χ1n) is 12.0. The van der Waals surface area contributed by atoms with E-state index in [0.29, 0.717) is 29.0 Å². The molecule has 7 nitrogen and oxygen atoms in total. The number of ether oxygens (including phenoxy) is 2. The highest BCUT2D eigenvalue weighted by Crippen LogP contribution is 2.46. The van der Waals surface area contributed by atoms with E-state index >= 15 is 0 Å². The van der Waals surface area contributed by atoms with E-state index in [1.165, 1.54) is 31.0 Å². The molecule has 180 valence electrons. The molecular formula is C26H31N3O4S. The first kappa shape index (κ1) is 23.0. The molecule has 0 aromatic heterocycles. The highest BCUT2D eigenvalue weighted by atomic mass is 32.2. The van der Waals surface area contributed by atoms with Crippen LogP contribution < -0.4 is 10.1 Å². The number of fused-ring (bicyclic) bond motifs is 3. The monoisotopic (exact) mass is 481 g/mol. The number of nitrogens with one attached hydrogen (secondary N) is 1. The Morgan fingerprint density at radius 1 is 1.26 bits per heavy atom. The van der Waals surface area contributed by atoms with Crippen molar-refractivity contribution in [2.45, 2.75) is 58.0 Å². The van der Waals surface area contributed by atoms with Gasteiger partial charge in [-0.3, -0.25) is 4.79 Å². The highest BCUT2D eigenvalue weighted by molar-refractivity contribution is 8.16. The summed E-state index contributed by atoms with van der Waals surface area (Å²) >= 11 is 1.49. The summed E-state index contributed by atoms with van der Waals surface area (Å²) in [4.78, 5) is 32.9. The molecule has 2 aliphatic heterocycles. The Morgan fingerprint density at radius 3 is 2.82 bits per heavy atom. The maximum atomic E-state index is 13.1. The van der Waals surface area contributed by atoms with E-state index in [1.54, 1.807) is 14.0 Å². The molecule has 2 fully saturated rings. The van der Waals surface area contributed by atoms with Gasteiger partial charge >= 0.3 is 5.97 Å². The van der Waals surface area contributed by atoms with E-state index in [-0.39, 0.29) is 18.9 Å². The lowest BCUT2D eigenvalue weighted by Gasteiger charge is -2.36. The second kappa shape index (κ2) is 9.49. The summed E-state index contributed by atoms with van der Waals surface area (Å²) < 4.78 is 10.9. The topological polar surface area (TPSA) is 80.2 Å². The van der Waals surface area contributed by atoms with Gasteiger partial charge < -0.3 is 19.7 Å². The van der Waals surface area contributed by atoms with Crippen molar-refractivity contribution >= 4 is 28.8 Å². The highest BCUT2D eigenvalue weighted by Gasteiger charge is 2.43. The second-order valence-electron chi connectivity index (χ2n) is 9.42. The van der Waals surface area contributed by atoms with Gasteiger partial charge in [0.2, 0.25) is 5.91 Å². The fourth-order valence-electron chi connectivity index (χ4n) is 5.81. The van der Waals surface area contributed by atoms with Gasteiger partial charge in [-0.25, -0.2) is 9.79 Å². The Labute approximate surface area is 204 Å². The van der Waals surface area contributed by atoms with Crippen LogP contribution >= 0.6 is 11.8 Å². The summed E-state index contributed by atoms with van der Waals surface area (Å²) in [7, 11) is 1.62. The van der Waals surface area contributed by atoms with Crippen molar-refractivity contribution in [3.05, 3.63) is 52.2 Å². The summed E-state index contributed by atoms with van der Waals surface area (Å²) in [6, 6.07) is 7.53. The van der Waals surface area contributed by atoms with Crippen molar-refractivity contribution in [3.8, 4) is 5.75 Å². The molecule has 1 amide bonds. The van der Waals surface area contributed by atoms with E-state index in [2.05, 4.69) is 5.32 Å². The van der Waals surface area contributed by atoms with Gasteiger partial charge in [-0.05, 0) is 68.0 Å². The zero-order valence-electron chi connectivity index (χ0n) is 19.9. The molecule has 8 heteroatoms. The Balaban J connectivity index is 1.43. The standard InChI is InChI=1S/C26H31N3O4S/c1-4-33-25(31)23-15(2)27-26-29(24(23)18-6-5-7-20(12-18)32-3)19(14-34-26)13-22(30)28-21-11-16-8-9-17(21)10-16/h5-7,12,14,16-17,21,24H,4,8-11,13H2,1-3H3,(H,28,30)/t16-,17-,21+,24+/m0/s1. The number of hydrogen-bond acceptors (Lipinski definition) is 7. The number of methoxy groups -OCH3 is 1. The quantitative estimate of drug-likeness (QED) is 0.577. The average molecular weight is 482 g/mol. The van der Waals surface area contributed by atoms with Gasteiger partial charge in [0.25, 0.3) is 0 Å². The molecule has 2 heterocycles. The minimum atomic E-state index is -0.446. The van der Waals surface area contributed by atoms with E-state index in [4.69, 9.17) is 14.5 Å². The van der Waals surface area contributed by atoms with Crippen LogP contribution in [-0.4, -0.2) is 41.7 Å². The Bertz CT molecular complexity index is 1100. The molecule has 1 aromatic rings. The van der Waals surface area contributed by atoms with Crippen molar-refractivity contribution in [1.82, 2.24) is 10.2 Å². The summed E-state index contributed by atoms with van der Waals surface area (Å²) in [6.07, 6.45) is 5.12. The number of esters is 1. The number of benzene rings is 1. The van der Waals surface area contributed by atoms with Crippen LogP contribution in [-0.2, 0) is 14.3 Å². The van der Waals surface area contributed by atoms with Gasteiger partial charge in [0, 0.05) is 11.7 Å². The average Bonchev–Trinajstić information content (AvgIpc) is 3.54. The lowest BCUT2D eigenvalue weighted by molar-refractivity contribution is -0.139. The number of rotatable bonds is 7. The third kappa shape index (κ3) is 4.24. The zero-order valence-corrected chi connectivity index (χ0v) is 20.7. The number of amidine groups is 1. The number of carbonyl (C=O) groups is 2. The lowest BCUT2D eigenvalue weighted by atomic mass is 9.93. The molecule has 4 atom stereocenters. The molecule has 2 bridgehead atoms. The van der Waals surface area contributed by atoms with Crippen LogP contribution in [0.1, 0.15) is 57.6 Å². The van der Waals surface area contributed by atoms with Crippen LogP contribution in [0.4, 0.5) is 0 Å². The maximum absolute atomic E-state index is 13.1.